The molecule has 0 aromatic heterocycles. The summed E-state index contributed by atoms with van der Waals surface area (Å²) in [7, 11) is -1.53. The van der Waals surface area contributed by atoms with E-state index in [1.165, 1.54) is 0 Å². The van der Waals surface area contributed by atoms with Crippen LogP contribution in [0, 0.1) is 0 Å². The van der Waals surface area contributed by atoms with E-state index in [4.69, 9.17) is 0 Å². The zero-order chi connectivity index (χ0) is 13.8. The van der Waals surface area contributed by atoms with Gasteiger partial charge in [0.25, 0.3) is 0 Å². The van der Waals surface area contributed by atoms with Crippen molar-refractivity contribution in [1.29, 1.82) is 0 Å². The zero-order valence-electron chi connectivity index (χ0n) is 11.4. The van der Waals surface area contributed by atoms with Gasteiger partial charge in [-0.25, -0.2) is 13.1 Å². The predicted octanol–water partition coefficient (Wildman–Crippen LogP) is 2.04. The molecule has 0 fully saturated rings. The van der Waals surface area contributed by atoms with E-state index in [0.29, 0.717) is 4.90 Å². The third-order valence-electron chi connectivity index (χ3n) is 2.72. The maximum Gasteiger partial charge on any atom is 0.240 e. The lowest BCUT2D eigenvalue weighted by molar-refractivity contribution is 0.564. The minimum Gasteiger partial charge on any atom is -0.313 e. The van der Waals surface area contributed by atoms with E-state index in [1.54, 1.807) is 18.2 Å². The zero-order valence-corrected chi connectivity index (χ0v) is 12.2. The van der Waals surface area contributed by atoms with Gasteiger partial charge < -0.3 is 5.32 Å². The number of benzene rings is 1. The first-order chi connectivity index (χ1) is 8.40. The van der Waals surface area contributed by atoms with Gasteiger partial charge in [-0.2, -0.15) is 0 Å². The van der Waals surface area contributed by atoms with Crippen LogP contribution in [0.2, 0.25) is 0 Å². The average molecular weight is 270 g/mol. The second-order valence-electron chi connectivity index (χ2n) is 4.60. The molecule has 0 saturated carbocycles. The van der Waals surface area contributed by atoms with Crippen LogP contribution < -0.4 is 10.0 Å². The fourth-order valence-electron chi connectivity index (χ4n) is 1.88. The van der Waals surface area contributed by atoms with Crippen LogP contribution in [-0.2, 0) is 10.0 Å². The van der Waals surface area contributed by atoms with Crippen molar-refractivity contribution in [3.63, 3.8) is 0 Å². The third kappa shape index (κ3) is 3.80. The maximum atomic E-state index is 12.1. The van der Waals surface area contributed by atoms with Gasteiger partial charge in [-0.1, -0.05) is 19.1 Å². The van der Waals surface area contributed by atoms with E-state index in [9.17, 15) is 8.42 Å². The summed E-state index contributed by atoms with van der Waals surface area (Å²) in [6.07, 6.45) is 0.914. The highest BCUT2D eigenvalue weighted by molar-refractivity contribution is 7.89. The van der Waals surface area contributed by atoms with Crippen molar-refractivity contribution in [2.24, 2.45) is 0 Å². The fourth-order valence-corrected chi connectivity index (χ4v) is 3.19. The van der Waals surface area contributed by atoms with Crippen LogP contribution in [0.5, 0.6) is 0 Å². The van der Waals surface area contributed by atoms with Crippen molar-refractivity contribution in [2.75, 3.05) is 7.05 Å². The van der Waals surface area contributed by atoms with Gasteiger partial charge in [0.2, 0.25) is 10.0 Å². The predicted molar refractivity (Wildman–Crippen MR) is 74.0 cm³/mol. The molecule has 18 heavy (non-hydrogen) atoms. The molecule has 0 aliphatic heterocycles. The molecule has 0 aliphatic rings. The van der Waals surface area contributed by atoms with E-state index in [0.717, 1.165) is 12.0 Å². The molecule has 0 heterocycles. The van der Waals surface area contributed by atoms with Crippen molar-refractivity contribution in [1.82, 2.24) is 10.0 Å². The number of sulfonamides is 1. The molecule has 0 radical (unpaired) electrons. The summed E-state index contributed by atoms with van der Waals surface area (Å²) < 4.78 is 26.7. The summed E-state index contributed by atoms with van der Waals surface area (Å²) in [6, 6.07) is 7.15. The molecule has 102 valence electrons. The van der Waals surface area contributed by atoms with Gasteiger partial charge in [0, 0.05) is 12.1 Å². The van der Waals surface area contributed by atoms with Crippen LogP contribution in [0.1, 0.15) is 38.8 Å². The second-order valence-corrected chi connectivity index (χ2v) is 6.31. The van der Waals surface area contributed by atoms with E-state index in [1.807, 2.05) is 27.0 Å². The van der Waals surface area contributed by atoms with Crippen LogP contribution in [0.25, 0.3) is 0 Å². The molecular weight excluding hydrogens is 248 g/mol. The molecule has 1 unspecified atom stereocenters. The van der Waals surface area contributed by atoms with Crippen molar-refractivity contribution < 1.29 is 8.42 Å². The molecule has 0 spiro atoms. The molecule has 5 heteroatoms. The van der Waals surface area contributed by atoms with Crippen LogP contribution in [0.15, 0.2) is 29.2 Å². The van der Waals surface area contributed by atoms with E-state index in [2.05, 4.69) is 17.0 Å². The molecule has 0 aliphatic carbocycles. The van der Waals surface area contributed by atoms with Gasteiger partial charge >= 0.3 is 0 Å². The number of nitrogens with one attached hydrogen (secondary N) is 2. The van der Waals surface area contributed by atoms with E-state index in [-0.39, 0.29) is 12.1 Å². The highest BCUT2D eigenvalue weighted by atomic mass is 32.2. The molecule has 1 aromatic rings. The van der Waals surface area contributed by atoms with Gasteiger partial charge in [0.15, 0.2) is 0 Å². The maximum absolute atomic E-state index is 12.1. The van der Waals surface area contributed by atoms with Crippen LogP contribution >= 0.6 is 0 Å². The normalized spacial score (nSPS) is 13.8. The highest BCUT2D eigenvalue weighted by Gasteiger charge is 2.17. The Morgan fingerprint density at radius 1 is 1.28 bits per heavy atom. The third-order valence-corrected chi connectivity index (χ3v) is 4.37. The number of hydrogen-bond donors (Lipinski definition) is 2. The fraction of sp³-hybridized carbons (Fsp3) is 0.538. The Hall–Kier alpha value is -0.910. The Morgan fingerprint density at radius 3 is 2.44 bits per heavy atom. The SMILES string of the molecule is CCC(NC)c1cccc(S(=O)(=O)NC(C)C)c1. The van der Waals surface area contributed by atoms with E-state index >= 15 is 0 Å². The number of hydrogen-bond acceptors (Lipinski definition) is 3. The van der Waals surface area contributed by atoms with E-state index < -0.39 is 10.0 Å². The number of rotatable bonds is 6. The molecule has 1 rings (SSSR count). The first-order valence-electron chi connectivity index (χ1n) is 6.20. The smallest absolute Gasteiger partial charge is 0.240 e. The van der Waals surface area contributed by atoms with Gasteiger partial charge in [0.05, 0.1) is 4.90 Å². The summed E-state index contributed by atoms with van der Waals surface area (Å²) in [6.45, 7) is 5.68. The van der Waals surface area contributed by atoms with Gasteiger partial charge in [-0.3, -0.25) is 0 Å². The molecule has 1 atom stereocenters. The Bertz CT molecular complexity index is 480. The molecule has 0 bridgehead atoms. The minimum absolute atomic E-state index is 0.107. The van der Waals surface area contributed by atoms with Crippen molar-refractivity contribution in [2.45, 2.75) is 44.2 Å². The largest absolute Gasteiger partial charge is 0.313 e. The lowest BCUT2D eigenvalue weighted by atomic mass is 10.1. The quantitative estimate of drug-likeness (QED) is 0.831. The van der Waals surface area contributed by atoms with Crippen LogP contribution in [-0.4, -0.2) is 21.5 Å². The van der Waals surface area contributed by atoms with Crippen molar-refractivity contribution >= 4 is 10.0 Å². The molecule has 2 N–H and O–H groups in total. The van der Waals surface area contributed by atoms with Gasteiger partial charge in [-0.15, -0.1) is 0 Å². The molecule has 0 amide bonds. The first kappa shape index (κ1) is 15.1. The average Bonchev–Trinajstić information content (AvgIpc) is 2.29. The first-order valence-corrected chi connectivity index (χ1v) is 7.68. The van der Waals surface area contributed by atoms with Gasteiger partial charge in [-0.05, 0) is 45.0 Å². The molecule has 0 saturated heterocycles. The molecule has 1 aromatic carbocycles. The second kappa shape index (κ2) is 6.31. The monoisotopic (exact) mass is 270 g/mol. The summed E-state index contributed by atoms with van der Waals surface area (Å²) in [4.78, 5) is 0.322. The Balaban J connectivity index is 3.09. The van der Waals surface area contributed by atoms with Crippen molar-refractivity contribution in [3.05, 3.63) is 29.8 Å². The van der Waals surface area contributed by atoms with Crippen LogP contribution in [0.4, 0.5) is 0 Å². The minimum atomic E-state index is -3.41. The van der Waals surface area contributed by atoms with Crippen molar-refractivity contribution in [3.8, 4) is 0 Å². The Morgan fingerprint density at radius 2 is 1.94 bits per heavy atom. The summed E-state index contributed by atoms with van der Waals surface area (Å²) in [5.41, 5.74) is 0.992. The molecular formula is C13H22N2O2S. The highest BCUT2D eigenvalue weighted by Crippen LogP contribution is 2.19. The summed E-state index contributed by atoms with van der Waals surface area (Å²) >= 11 is 0. The lowest BCUT2D eigenvalue weighted by Crippen LogP contribution is -2.30. The van der Waals surface area contributed by atoms with Crippen LogP contribution in [0.3, 0.4) is 0 Å². The topological polar surface area (TPSA) is 58.2 Å². The Labute approximate surface area is 110 Å². The summed E-state index contributed by atoms with van der Waals surface area (Å²) in [5, 5.41) is 3.17. The Kier molecular flexibility index (Phi) is 5.31. The summed E-state index contributed by atoms with van der Waals surface area (Å²) in [5.74, 6) is 0. The lowest BCUT2D eigenvalue weighted by Gasteiger charge is -2.16. The molecule has 4 nitrogen and oxygen atoms in total. The standard InChI is InChI=1S/C13H22N2O2S/c1-5-13(14-4)11-7-6-8-12(9-11)18(16,17)15-10(2)3/h6-10,13-15H,5H2,1-4H3. The van der Waals surface area contributed by atoms with Gasteiger partial charge in [0.1, 0.15) is 0 Å².